The third-order valence-corrected chi connectivity index (χ3v) is 5.60. The number of unbranched alkanes of at least 4 members (excludes halogenated alkanes) is 10. The van der Waals surface area contributed by atoms with Crippen LogP contribution in [0.1, 0.15) is 77.6 Å². The minimum atomic E-state index is 0.528. The molecule has 0 nitrogen and oxygen atoms in total. The molecule has 1 heteroatoms. The molecule has 118 valence electrons. The number of hydrogen-bond acceptors (Lipinski definition) is 0. The minimum absolute atomic E-state index is 0.528. The van der Waals surface area contributed by atoms with Gasteiger partial charge in [-0.05, 0) is 0 Å². The Morgan fingerprint density at radius 2 is 1.33 bits per heavy atom. The van der Waals surface area contributed by atoms with E-state index >= 15 is 0 Å². The van der Waals surface area contributed by atoms with Crippen molar-refractivity contribution in [3.05, 3.63) is 41.4 Å². The molecule has 1 aromatic rings. The zero-order valence-electron chi connectivity index (χ0n) is 13.7. The molecule has 0 saturated heterocycles. The molecule has 0 aliphatic carbocycles. The third-order valence-electron chi connectivity index (χ3n) is 3.77. The van der Waals surface area contributed by atoms with Gasteiger partial charge in [0.25, 0.3) is 0 Å². The quantitative estimate of drug-likeness (QED) is 0.309. The van der Waals surface area contributed by atoms with E-state index < -0.39 is 0 Å². The van der Waals surface area contributed by atoms with Gasteiger partial charge in [-0.1, -0.05) is 13.3 Å². The maximum atomic E-state index is 2.39. The summed E-state index contributed by atoms with van der Waals surface area (Å²) < 4.78 is 1.48. The topological polar surface area (TPSA) is 0 Å². The first-order chi connectivity index (χ1) is 10.4. The first kappa shape index (κ1) is 18.5. The van der Waals surface area contributed by atoms with Gasteiger partial charge in [0.05, 0.1) is 0 Å². The van der Waals surface area contributed by atoms with Crippen molar-refractivity contribution in [2.24, 2.45) is 0 Å². The molecule has 0 saturated carbocycles. The van der Waals surface area contributed by atoms with Crippen LogP contribution in [-0.2, 0) is 0 Å². The molecule has 1 aromatic carbocycles. The summed E-state index contributed by atoms with van der Waals surface area (Å²) in [6, 6.07) is 10.8. The molecule has 21 heavy (non-hydrogen) atoms. The molecule has 0 spiro atoms. The maximum absolute atomic E-state index is 2.39. The van der Waals surface area contributed by atoms with Crippen LogP contribution in [0.25, 0.3) is 0 Å². The SMILES string of the molecule is CCCCCCCCCCCC/C=C/[Se]c1ccccc1. The molecule has 0 atom stereocenters. The van der Waals surface area contributed by atoms with Gasteiger partial charge in [-0.3, -0.25) is 0 Å². The molecule has 0 N–H and O–H groups in total. The van der Waals surface area contributed by atoms with Crippen molar-refractivity contribution in [1.82, 2.24) is 0 Å². The third kappa shape index (κ3) is 11.8. The van der Waals surface area contributed by atoms with Gasteiger partial charge in [-0.2, -0.15) is 0 Å². The monoisotopic (exact) mass is 352 g/mol. The van der Waals surface area contributed by atoms with E-state index in [0.29, 0.717) is 15.0 Å². The van der Waals surface area contributed by atoms with Crippen molar-refractivity contribution < 1.29 is 0 Å². The fraction of sp³-hybridized carbons (Fsp3) is 0.600. The zero-order chi connectivity index (χ0) is 15.0. The van der Waals surface area contributed by atoms with Crippen LogP contribution in [0.3, 0.4) is 0 Å². The van der Waals surface area contributed by atoms with E-state index in [9.17, 15) is 0 Å². The average molecular weight is 351 g/mol. The van der Waals surface area contributed by atoms with Gasteiger partial charge in [0, 0.05) is 0 Å². The summed E-state index contributed by atoms with van der Waals surface area (Å²) in [6.07, 6.45) is 17.9. The van der Waals surface area contributed by atoms with E-state index in [-0.39, 0.29) is 0 Å². The van der Waals surface area contributed by atoms with Gasteiger partial charge in [0.1, 0.15) is 0 Å². The van der Waals surface area contributed by atoms with Crippen LogP contribution >= 0.6 is 0 Å². The second-order valence-electron chi connectivity index (χ2n) is 5.77. The molecule has 0 fully saturated rings. The second kappa shape index (κ2) is 14.4. The van der Waals surface area contributed by atoms with Crippen molar-refractivity contribution in [1.29, 1.82) is 0 Å². The fourth-order valence-corrected chi connectivity index (χ4v) is 3.92. The number of rotatable bonds is 13. The summed E-state index contributed by atoms with van der Waals surface area (Å²) in [5.74, 6) is 0. The molecule has 0 radical (unpaired) electrons. The Labute approximate surface area is 138 Å². The number of allylic oxidation sites excluding steroid dienone is 1. The second-order valence-corrected chi connectivity index (χ2v) is 7.83. The summed E-state index contributed by atoms with van der Waals surface area (Å²) in [7, 11) is 0. The van der Waals surface area contributed by atoms with Crippen LogP contribution in [0.5, 0.6) is 0 Å². The van der Waals surface area contributed by atoms with Crippen LogP contribution in [0, 0.1) is 0 Å². The molecule has 0 aliphatic heterocycles. The van der Waals surface area contributed by atoms with E-state index in [1.807, 2.05) is 0 Å². The van der Waals surface area contributed by atoms with Crippen LogP contribution in [0.4, 0.5) is 0 Å². The summed E-state index contributed by atoms with van der Waals surface area (Å²) in [5.41, 5.74) is 0. The number of hydrogen-bond donors (Lipinski definition) is 0. The number of benzene rings is 1. The van der Waals surface area contributed by atoms with E-state index in [1.54, 1.807) is 0 Å². The fourth-order valence-electron chi connectivity index (χ4n) is 2.44. The van der Waals surface area contributed by atoms with Crippen LogP contribution in [0.15, 0.2) is 41.4 Å². The summed E-state index contributed by atoms with van der Waals surface area (Å²) in [5, 5.41) is 0. The molecule has 1 rings (SSSR count). The average Bonchev–Trinajstić information content (AvgIpc) is 2.53. The Kier molecular flexibility index (Phi) is 12.7. The van der Waals surface area contributed by atoms with E-state index in [1.165, 1.54) is 75.1 Å². The van der Waals surface area contributed by atoms with Crippen LogP contribution < -0.4 is 4.46 Å². The van der Waals surface area contributed by atoms with Gasteiger partial charge in [-0.25, -0.2) is 0 Å². The van der Waals surface area contributed by atoms with E-state index in [4.69, 9.17) is 0 Å². The summed E-state index contributed by atoms with van der Waals surface area (Å²) >= 11 is 0.528. The molecule has 0 unspecified atom stereocenters. The van der Waals surface area contributed by atoms with Crippen LogP contribution in [0.2, 0.25) is 0 Å². The van der Waals surface area contributed by atoms with Crippen molar-refractivity contribution in [3.63, 3.8) is 0 Å². The van der Waals surface area contributed by atoms with Crippen molar-refractivity contribution in [2.75, 3.05) is 0 Å². The standard InChI is InChI=1S/C20H32Se/c1-2-3-4-5-6-7-8-9-10-11-12-16-19-21-20-17-14-13-15-18-20/h13-19H,2-12H2,1H3/b19-16+. The van der Waals surface area contributed by atoms with Crippen LogP contribution in [-0.4, -0.2) is 15.0 Å². The molecule has 0 aromatic heterocycles. The molecular weight excluding hydrogens is 319 g/mol. The van der Waals surface area contributed by atoms with Gasteiger partial charge in [-0.15, -0.1) is 0 Å². The van der Waals surface area contributed by atoms with Crippen molar-refractivity contribution in [2.45, 2.75) is 77.6 Å². The zero-order valence-corrected chi connectivity index (χ0v) is 15.4. The Balaban J connectivity index is 1.82. The molecule has 0 amide bonds. The van der Waals surface area contributed by atoms with Gasteiger partial charge in [0.15, 0.2) is 0 Å². The van der Waals surface area contributed by atoms with E-state index in [0.717, 1.165) is 0 Å². The Morgan fingerprint density at radius 1 is 0.762 bits per heavy atom. The molecule has 0 aliphatic rings. The first-order valence-electron chi connectivity index (χ1n) is 8.80. The Hall–Kier alpha value is -0.521. The Morgan fingerprint density at radius 3 is 1.95 bits per heavy atom. The Bertz CT molecular complexity index is 342. The predicted octanol–water partition coefficient (Wildman–Crippen LogP) is 5.84. The first-order valence-corrected chi connectivity index (χ1v) is 10.6. The molecule has 0 heterocycles. The summed E-state index contributed by atoms with van der Waals surface area (Å²) in [6.45, 7) is 2.29. The van der Waals surface area contributed by atoms with Crippen molar-refractivity contribution >= 4 is 19.4 Å². The predicted molar refractivity (Wildman–Crippen MR) is 97.4 cm³/mol. The van der Waals surface area contributed by atoms with Crippen molar-refractivity contribution in [3.8, 4) is 0 Å². The van der Waals surface area contributed by atoms with Gasteiger partial charge < -0.3 is 0 Å². The van der Waals surface area contributed by atoms with Gasteiger partial charge >= 0.3 is 125 Å². The van der Waals surface area contributed by atoms with E-state index in [2.05, 4.69) is 48.3 Å². The molecule has 0 bridgehead atoms. The molecular formula is C20H32Se. The summed E-state index contributed by atoms with van der Waals surface area (Å²) in [4.78, 5) is 2.38. The van der Waals surface area contributed by atoms with Gasteiger partial charge in [0.2, 0.25) is 0 Å². The normalized spacial score (nSPS) is 11.3.